The van der Waals surface area contributed by atoms with Crippen molar-refractivity contribution in [3.8, 4) is 0 Å². The molecule has 3 heterocycles. The molecule has 6 amide bonds. The highest BCUT2D eigenvalue weighted by atomic mass is 16.8. The van der Waals surface area contributed by atoms with Gasteiger partial charge in [0.25, 0.3) is 0 Å². The van der Waals surface area contributed by atoms with Gasteiger partial charge >= 0.3 is 17.9 Å². The van der Waals surface area contributed by atoms with Crippen molar-refractivity contribution in [1.29, 1.82) is 0 Å². The van der Waals surface area contributed by atoms with E-state index < -0.39 is 170 Å². The van der Waals surface area contributed by atoms with E-state index in [1.165, 1.54) is 27.7 Å². The van der Waals surface area contributed by atoms with Gasteiger partial charge in [0.2, 0.25) is 35.4 Å². The number of aliphatic hydroxyl groups excluding tert-OH is 3. The summed E-state index contributed by atoms with van der Waals surface area (Å²) in [6.07, 6.45) is -13.6. The molecule has 3 saturated heterocycles. The van der Waals surface area contributed by atoms with Crippen molar-refractivity contribution in [1.82, 2.24) is 31.9 Å². The van der Waals surface area contributed by atoms with Crippen molar-refractivity contribution in [3.63, 3.8) is 0 Å². The van der Waals surface area contributed by atoms with E-state index in [9.17, 15) is 63.6 Å². The highest BCUT2D eigenvalue weighted by Crippen LogP contribution is 2.35. The number of carboxylic acid groups (broad SMARTS) is 3. The fraction of sp³-hybridized carbons (Fsp3) is 0.757. The van der Waals surface area contributed by atoms with Gasteiger partial charge in [-0.05, 0) is 46.5 Å². The van der Waals surface area contributed by atoms with Gasteiger partial charge in [0.05, 0.1) is 13.2 Å². The first-order valence-corrected chi connectivity index (χ1v) is 20.3. The van der Waals surface area contributed by atoms with Crippen LogP contribution in [0.2, 0.25) is 0 Å². The normalized spacial score (nSPS) is 29.0. The van der Waals surface area contributed by atoms with Crippen LogP contribution in [0.5, 0.6) is 0 Å². The number of carboxylic acids is 3. The van der Waals surface area contributed by atoms with E-state index in [1.807, 2.05) is 0 Å². The molecule has 0 aromatic rings. The molecule has 0 aromatic heterocycles. The highest BCUT2D eigenvalue weighted by Gasteiger charge is 2.56. The molecule has 1 unspecified atom stereocenters. The number of amides is 6. The molecule has 0 radical (unpaired) electrons. The predicted octanol–water partition coefficient (Wildman–Crippen LogP) is -6.14. The minimum Gasteiger partial charge on any atom is -0.480 e. The second-order valence-corrected chi connectivity index (χ2v) is 15.6. The first kappa shape index (κ1) is 53.2. The third-order valence-corrected chi connectivity index (χ3v) is 10.4. The minimum absolute atomic E-state index is 0.0293. The lowest BCUT2D eigenvalue weighted by atomic mass is 9.95. The highest BCUT2D eigenvalue weighted by molar-refractivity contribution is 5.92. The number of hydrogen-bond donors (Lipinski definition) is 13. The molecular weight excluding hydrogens is 862 g/mol. The summed E-state index contributed by atoms with van der Waals surface area (Å²) in [6.45, 7) is 5.13. The van der Waals surface area contributed by atoms with Crippen LogP contribution in [-0.4, -0.2) is 195 Å². The molecular formula is C37H59N7O20. The Labute approximate surface area is 365 Å². The summed E-state index contributed by atoms with van der Waals surface area (Å²) in [7, 11) is 0. The molecule has 64 heavy (non-hydrogen) atoms. The molecule has 14 N–H and O–H groups in total. The molecule has 0 aromatic carbocycles. The van der Waals surface area contributed by atoms with E-state index in [4.69, 9.17) is 39.6 Å². The number of aliphatic carboxylic acids is 3. The number of nitrogens with two attached hydrogens (primary N) is 1. The topological polar surface area (TPSA) is 419 Å². The fourth-order valence-electron chi connectivity index (χ4n) is 6.93. The van der Waals surface area contributed by atoms with Gasteiger partial charge in [-0.25, -0.2) is 4.79 Å². The van der Waals surface area contributed by atoms with Crippen molar-refractivity contribution >= 4 is 53.4 Å². The molecule has 3 aliphatic heterocycles. The SMILES string of the molecule is CC(=O)N[C@@H]1[C@@H](OC2[C@@H]3CO[C@@H](O3)[C@@H](NC(C)=O)[C@@H]2O[C@H](C)C(=O)N[C@H](C)C(=O)N[C@@H](CCC(=O)N[C@H](CCC[C@H](N)C(=O)O)C(=O)N[C@H](C)C(=O)O)C(=O)O)O[C@@H](CO)[C@H](O)[C@H]1O. The molecule has 3 fully saturated rings. The first-order chi connectivity index (χ1) is 29.9. The summed E-state index contributed by atoms with van der Waals surface area (Å²) >= 11 is 0. The summed E-state index contributed by atoms with van der Waals surface area (Å²) in [5, 5.41) is 73.3. The number of aliphatic hydroxyl groups is 3. The summed E-state index contributed by atoms with van der Waals surface area (Å²) in [4.78, 5) is 111. The van der Waals surface area contributed by atoms with E-state index in [2.05, 4.69) is 31.9 Å². The van der Waals surface area contributed by atoms with Gasteiger partial charge in [-0.1, -0.05) is 0 Å². The fourth-order valence-corrected chi connectivity index (χ4v) is 6.93. The third-order valence-electron chi connectivity index (χ3n) is 10.4. The Kier molecular flexibility index (Phi) is 20.2. The number of hydrogen-bond acceptors (Lipinski definition) is 18. The summed E-state index contributed by atoms with van der Waals surface area (Å²) in [5.41, 5.74) is 5.50. The zero-order chi connectivity index (χ0) is 48.2. The van der Waals surface area contributed by atoms with Gasteiger partial charge in [0.1, 0.15) is 85.0 Å². The van der Waals surface area contributed by atoms with Gasteiger partial charge < -0.3 is 92.0 Å². The van der Waals surface area contributed by atoms with Crippen LogP contribution in [0.3, 0.4) is 0 Å². The van der Waals surface area contributed by atoms with Crippen molar-refractivity contribution in [2.75, 3.05) is 13.2 Å². The van der Waals surface area contributed by atoms with E-state index >= 15 is 0 Å². The van der Waals surface area contributed by atoms with Crippen LogP contribution in [0.25, 0.3) is 0 Å². The number of nitrogens with one attached hydrogen (secondary N) is 6. The van der Waals surface area contributed by atoms with Crippen LogP contribution >= 0.6 is 0 Å². The Morgan fingerprint density at radius 1 is 0.703 bits per heavy atom. The van der Waals surface area contributed by atoms with E-state index in [-0.39, 0.29) is 25.9 Å². The smallest absolute Gasteiger partial charge is 0.326 e. The lowest BCUT2D eigenvalue weighted by Crippen LogP contribution is -2.68. The Morgan fingerprint density at radius 3 is 1.91 bits per heavy atom. The Hall–Kier alpha value is -5.13. The van der Waals surface area contributed by atoms with Crippen molar-refractivity contribution in [3.05, 3.63) is 0 Å². The van der Waals surface area contributed by atoms with Gasteiger partial charge in [0.15, 0.2) is 12.6 Å². The van der Waals surface area contributed by atoms with Crippen LogP contribution < -0.4 is 37.6 Å². The van der Waals surface area contributed by atoms with Crippen LogP contribution in [0, 0.1) is 0 Å². The summed E-state index contributed by atoms with van der Waals surface area (Å²) in [5.74, 6) is -9.14. The minimum atomic E-state index is -1.69. The molecule has 3 rings (SSSR count). The van der Waals surface area contributed by atoms with Gasteiger partial charge in [-0.2, -0.15) is 0 Å². The molecule has 0 spiro atoms. The van der Waals surface area contributed by atoms with Crippen LogP contribution in [0.15, 0.2) is 0 Å². The van der Waals surface area contributed by atoms with E-state index in [0.717, 1.165) is 6.92 Å². The largest absolute Gasteiger partial charge is 0.480 e. The van der Waals surface area contributed by atoms with E-state index in [1.54, 1.807) is 0 Å². The van der Waals surface area contributed by atoms with E-state index in [0.29, 0.717) is 0 Å². The zero-order valence-electron chi connectivity index (χ0n) is 35.7. The quantitative estimate of drug-likeness (QED) is 0.0428. The second-order valence-electron chi connectivity index (χ2n) is 15.6. The van der Waals surface area contributed by atoms with Crippen LogP contribution in [0.4, 0.5) is 0 Å². The molecule has 27 nitrogen and oxygen atoms in total. The number of carbonyl (C=O) groups excluding carboxylic acids is 6. The predicted molar refractivity (Wildman–Crippen MR) is 210 cm³/mol. The molecule has 3 aliphatic rings. The maximum absolute atomic E-state index is 13.5. The first-order valence-electron chi connectivity index (χ1n) is 20.3. The van der Waals surface area contributed by atoms with Crippen molar-refractivity contribution in [2.24, 2.45) is 5.73 Å². The third kappa shape index (κ3) is 15.0. The maximum atomic E-state index is 13.5. The van der Waals surface area contributed by atoms with Gasteiger partial charge in [-0.15, -0.1) is 0 Å². The number of carbonyl (C=O) groups is 9. The monoisotopic (exact) mass is 921 g/mol. The van der Waals surface area contributed by atoms with Crippen molar-refractivity contribution < 1.29 is 97.5 Å². The summed E-state index contributed by atoms with van der Waals surface area (Å²) in [6, 6.07) is -9.62. The standard InChI is InChI=1S/C37H59N7O20/c1-13(30(51)44-20(35(58)59)9-10-23(48)43-19(8-6-7-18(38)34(56)57)32(53)40-14(2)33(54)55)39-31(52)15(3)61-29-25(42-17(5)47)36-60-12-22(63-36)28(29)64-37-24(41-16(4)46)27(50)26(49)21(11-45)62-37/h13-15,18-22,24-29,36-37,45,49-50H,6-12,38H2,1-5H3,(H,39,52)(H,40,53)(H,41,46)(H,42,47)(H,43,48)(H,44,51)(H,54,55)(H,56,57)(H,58,59)/t13-,14-,15-,18+,19-,20+,21+,22+,24+,25+,26+,27+,28?,29+,36+,37-/m1/s1. The Bertz CT molecular complexity index is 1710. The number of rotatable bonds is 24. The van der Waals surface area contributed by atoms with Gasteiger partial charge in [-0.3, -0.25) is 38.4 Å². The molecule has 2 bridgehead atoms. The number of ether oxygens (including phenoxy) is 5. The molecule has 27 heteroatoms. The molecule has 362 valence electrons. The average molecular weight is 922 g/mol. The maximum Gasteiger partial charge on any atom is 0.326 e. The molecule has 16 atom stereocenters. The van der Waals surface area contributed by atoms with Crippen LogP contribution in [-0.2, 0) is 66.8 Å². The zero-order valence-corrected chi connectivity index (χ0v) is 35.7. The van der Waals surface area contributed by atoms with Gasteiger partial charge in [0, 0.05) is 20.3 Å². The summed E-state index contributed by atoms with van der Waals surface area (Å²) < 4.78 is 29.6. The molecule has 0 saturated carbocycles. The van der Waals surface area contributed by atoms with Crippen LogP contribution in [0.1, 0.15) is 66.7 Å². The Balaban J connectivity index is 1.69. The molecule has 0 aliphatic carbocycles. The lowest BCUT2D eigenvalue weighted by Gasteiger charge is -2.47. The lowest BCUT2D eigenvalue weighted by molar-refractivity contribution is -0.313. The van der Waals surface area contributed by atoms with Crippen molar-refractivity contribution in [2.45, 2.75) is 164 Å². The Morgan fingerprint density at radius 2 is 1.33 bits per heavy atom. The number of fused-ring (bicyclic) bond motifs is 2. The second kappa shape index (κ2) is 24.2. The average Bonchev–Trinajstić information content (AvgIpc) is 3.66.